The number of hydrogen-bond acceptors (Lipinski definition) is 5. The first-order chi connectivity index (χ1) is 12.7. The minimum Gasteiger partial charge on any atom is -0.405 e. The van der Waals surface area contributed by atoms with E-state index in [4.69, 9.17) is 15.0 Å². The lowest BCUT2D eigenvalue weighted by molar-refractivity contribution is 0.00578. The fourth-order valence-electron chi connectivity index (χ4n) is 2.98. The Balaban J connectivity index is 1.70. The van der Waals surface area contributed by atoms with Crippen LogP contribution in [0.5, 0.6) is 0 Å². The van der Waals surface area contributed by atoms with Crippen LogP contribution in [0.4, 0.5) is 10.5 Å². The summed E-state index contributed by atoms with van der Waals surface area (Å²) in [6.07, 6.45) is 1.47. The fourth-order valence-corrected chi connectivity index (χ4v) is 2.98. The van der Waals surface area contributed by atoms with Gasteiger partial charge < -0.3 is 25.3 Å². The van der Waals surface area contributed by atoms with Gasteiger partial charge in [-0.05, 0) is 46.0 Å². The molecule has 1 aromatic rings. The van der Waals surface area contributed by atoms with Crippen LogP contribution in [0.2, 0.25) is 0 Å². The third-order valence-corrected chi connectivity index (χ3v) is 5.35. The topological polar surface area (TPSA) is 89.2 Å². The summed E-state index contributed by atoms with van der Waals surface area (Å²) in [6.45, 7) is 9.36. The molecule has 0 bridgehead atoms. The molecule has 0 radical (unpaired) electrons. The number of benzene rings is 1. The third-order valence-electron chi connectivity index (χ3n) is 5.35. The molecule has 8 heteroatoms. The molecule has 3 rings (SSSR count). The summed E-state index contributed by atoms with van der Waals surface area (Å²) in [5, 5.41) is 2.90. The van der Waals surface area contributed by atoms with Crippen LogP contribution in [0.1, 0.15) is 27.7 Å². The Labute approximate surface area is 160 Å². The van der Waals surface area contributed by atoms with Crippen LogP contribution >= 0.6 is 0 Å². The summed E-state index contributed by atoms with van der Waals surface area (Å²) >= 11 is 0. The average molecular weight is 370 g/mol. The lowest BCUT2D eigenvalue weighted by atomic mass is 9.75. The van der Waals surface area contributed by atoms with E-state index in [1.54, 1.807) is 4.90 Å². The molecule has 0 atom stereocenters. The Bertz CT molecular complexity index is 745. The zero-order chi connectivity index (χ0) is 19.7. The SMILES string of the molecule is CC1(C)OB(C(=CN)C2=NCCN(C(=O)Nc3ccccc3)C2)OC1(C)C. The lowest BCUT2D eigenvalue weighted by Gasteiger charge is -2.32. The smallest absolute Gasteiger partial charge is 0.405 e. The summed E-state index contributed by atoms with van der Waals surface area (Å²) < 4.78 is 12.2. The highest BCUT2D eigenvalue weighted by atomic mass is 16.7. The van der Waals surface area contributed by atoms with Crippen molar-refractivity contribution < 1.29 is 14.1 Å². The van der Waals surface area contributed by atoms with Crippen molar-refractivity contribution >= 4 is 24.5 Å². The van der Waals surface area contributed by atoms with Crippen molar-refractivity contribution in [1.82, 2.24) is 4.90 Å². The quantitative estimate of drug-likeness (QED) is 0.800. The number of carbonyl (C=O) groups is 1. The molecule has 1 aromatic carbocycles. The highest BCUT2D eigenvalue weighted by Gasteiger charge is 2.53. The number of amides is 2. The minimum absolute atomic E-state index is 0.168. The number of anilines is 1. The molecule has 144 valence electrons. The van der Waals surface area contributed by atoms with Gasteiger partial charge >= 0.3 is 13.1 Å². The zero-order valence-corrected chi connectivity index (χ0v) is 16.4. The van der Waals surface area contributed by atoms with Gasteiger partial charge in [0.15, 0.2) is 0 Å². The summed E-state index contributed by atoms with van der Waals surface area (Å²) in [7, 11) is -0.601. The third kappa shape index (κ3) is 4.01. The van der Waals surface area contributed by atoms with Crippen molar-refractivity contribution in [2.45, 2.75) is 38.9 Å². The number of aliphatic imine (C=N–C) groups is 1. The number of hydrogen-bond donors (Lipinski definition) is 2. The monoisotopic (exact) mass is 370 g/mol. The molecule has 0 saturated carbocycles. The minimum atomic E-state index is -0.601. The number of nitrogens with zero attached hydrogens (tertiary/aromatic N) is 2. The van der Waals surface area contributed by atoms with E-state index in [1.165, 1.54) is 6.20 Å². The number of para-hydroxylation sites is 1. The second-order valence-corrected chi connectivity index (χ2v) is 7.76. The van der Waals surface area contributed by atoms with Crippen molar-refractivity contribution in [3.8, 4) is 0 Å². The van der Waals surface area contributed by atoms with E-state index < -0.39 is 18.3 Å². The molecule has 0 unspecified atom stereocenters. The molecule has 7 nitrogen and oxygen atoms in total. The van der Waals surface area contributed by atoms with Gasteiger partial charge in [0, 0.05) is 17.7 Å². The molecule has 2 amide bonds. The molecule has 0 aromatic heterocycles. The van der Waals surface area contributed by atoms with Crippen molar-refractivity contribution in [3.05, 3.63) is 42.0 Å². The summed E-state index contributed by atoms with van der Waals surface area (Å²) in [5.74, 6) is 0. The molecular weight excluding hydrogens is 343 g/mol. The van der Waals surface area contributed by atoms with Gasteiger partial charge in [0.1, 0.15) is 0 Å². The van der Waals surface area contributed by atoms with Gasteiger partial charge in [-0.15, -0.1) is 0 Å². The van der Waals surface area contributed by atoms with Gasteiger partial charge in [-0.2, -0.15) is 0 Å². The van der Waals surface area contributed by atoms with Crippen LogP contribution in [0.25, 0.3) is 0 Å². The molecule has 27 heavy (non-hydrogen) atoms. The Morgan fingerprint density at radius 3 is 2.44 bits per heavy atom. The molecule has 0 spiro atoms. The molecule has 2 heterocycles. The average Bonchev–Trinajstić information content (AvgIpc) is 2.84. The number of nitrogens with two attached hydrogens (primary N) is 1. The van der Waals surface area contributed by atoms with E-state index in [-0.39, 0.29) is 6.03 Å². The van der Waals surface area contributed by atoms with Crippen LogP contribution in [0.15, 0.2) is 47.0 Å². The molecule has 3 N–H and O–H groups in total. The van der Waals surface area contributed by atoms with Crippen molar-refractivity contribution in [2.24, 2.45) is 10.7 Å². The van der Waals surface area contributed by atoms with E-state index >= 15 is 0 Å². The van der Waals surface area contributed by atoms with Crippen LogP contribution < -0.4 is 11.1 Å². The van der Waals surface area contributed by atoms with E-state index in [1.807, 2.05) is 58.0 Å². The number of carbonyl (C=O) groups excluding carboxylic acids is 1. The Morgan fingerprint density at radius 2 is 1.85 bits per heavy atom. The first-order valence-electron chi connectivity index (χ1n) is 9.15. The maximum absolute atomic E-state index is 12.6. The van der Waals surface area contributed by atoms with Crippen LogP contribution in [0, 0.1) is 0 Å². The standard InChI is InChI=1S/C19H27BN4O3/c1-18(2)19(3,4)27-20(26-18)15(12-21)16-13-24(11-10-22-16)17(25)23-14-8-6-5-7-9-14/h5-9,12H,10-11,13,21H2,1-4H3,(H,23,25). The fraction of sp³-hybridized carbons (Fsp3) is 0.474. The van der Waals surface area contributed by atoms with Gasteiger partial charge in [-0.25, -0.2) is 4.79 Å². The molecule has 1 saturated heterocycles. The van der Waals surface area contributed by atoms with E-state index in [0.717, 1.165) is 5.69 Å². The zero-order valence-electron chi connectivity index (χ0n) is 16.4. The van der Waals surface area contributed by atoms with Gasteiger partial charge in [0.25, 0.3) is 0 Å². The van der Waals surface area contributed by atoms with Crippen molar-refractivity contribution in [3.63, 3.8) is 0 Å². The molecule has 0 aliphatic carbocycles. The van der Waals surface area contributed by atoms with Crippen LogP contribution in [-0.2, 0) is 9.31 Å². The predicted molar refractivity (Wildman–Crippen MR) is 108 cm³/mol. The Hall–Kier alpha value is -2.32. The Morgan fingerprint density at radius 1 is 1.22 bits per heavy atom. The van der Waals surface area contributed by atoms with Gasteiger partial charge in [-0.1, -0.05) is 18.2 Å². The molecule has 2 aliphatic rings. The highest BCUT2D eigenvalue weighted by Crippen LogP contribution is 2.38. The predicted octanol–water partition coefficient (Wildman–Crippen LogP) is 2.45. The summed E-state index contributed by atoms with van der Waals surface area (Å²) in [5.41, 5.74) is 7.09. The second-order valence-electron chi connectivity index (χ2n) is 7.76. The molecule has 1 fully saturated rings. The lowest BCUT2D eigenvalue weighted by Crippen LogP contribution is -2.45. The highest BCUT2D eigenvalue weighted by molar-refractivity contribution is 6.62. The van der Waals surface area contributed by atoms with Gasteiger partial charge in [0.05, 0.1) is 30.0 Å². The maximum atomic E-state index is 12.6. The van der Waals surface area contributed by atoms with Gasteiger partial charge in [0.2, 0.25) is 0 Å². The first-order valence-corrected chi connectivity index (χ1v) is 9.15. The van der Waals surface area contributed by atoms with Crippen LogP contribution in [-0.4, -0.2) is 54.6 Å². The Kier molecular flexibility index (Phi) is 5.30. The largest absolute Gasteiger partial charge is 0.498 e. The maximum Gasteiger partial charge on any atom is 0.498 e. The summed E-state index contributed by atoms with van der Waals surface area (Å²) in [6, 6.07) is 9.21. The second kappa shape index (κ2) is 7.36. The number of nitrogens with one attached hydrogen (secondary N) is 1. The number of rotatable bonds is 3. The molecular formula is C19H27BN4O3. The van der Waals surface area contributed by atoms with E-state index in [2.05, 4.69) is 10.3 Å². The number of urea groups is 1. The van der Waals surface area contributed by atoms with Crippen molar-refractivity contribution in [1.29, 1.82) is 0 Å². The first kappa shape index (κ1) is 19.4. The molecule has 2 aliphatic heterocycles. The summed E-state index contributed by atoms with van der Waals surface area (Å²) in [4.78, 5) is 18.9. The van der Waals surface area contributed by atoms with E-state index in [0.29, 0.717) is 30.8 Å². The van der Waals surface area contributed by atoms with E-state index in [9.17, 15) is 4.79 Å². The van der Waals surface area contributed by atoms with Crippen molar-refractivity contribution in [2.75, 3.05) is 25.0 Å². The normalized spacial score (nSPS) is 21.8. The van der Waals surface area contributed by atoms with Gasteiger partial charge in [-0.3, -0.25) is 4.99 Å². The van der Waals surface area contributed by atoms with Crippen LogP contribution in [0.3, 0.4) is 0 Å².